The van der Waals surface area contributed by atoms with Gasteiger partial charge in [0.15, 0.2) is 0 Å². The van der Waals surface area contributed by atoms with Crippen molar-refractivity contribution in [3.05, 3.63) is 65.7 Å². The van der Waals surface area contributed by atoms with Crippen molar-refractivity contribution in [1.82, 2.24) is 14.9 Å². The van der Waals surface area contributed by atoms with Crippen LogP contribution in [0.5, 0.6) is 0 Å². The number of nitrogens with zero attached hydrogens (tertiary/aromatic N) is 2. The van der Waals surface area contributed by atoms with Crippen LogP contribution in [-0.4, -0.2) is 21.4 Å². The van der Waals surface area contributed by atoms with Gasteiger partial charge < -0.3 is 15.6 Å². The zero-order valence-corrected chi connectivity index (χ0v) is 14.1. The second-order valence-electron chi connectivity index (χ2n) is 5.96. The molecule has 134 valence electrons. The molecule has 3 rings (SSSR count). The van der Waals surface area contributed by atoms with Gasteiger partial charge in [-0.05, 0) is 29.8 Å². The van der Waals surface area contributed by atoms with E-state index in [9.17, 15) is 14.0 Å². The van der Waals surface area contributed by atoms with Crippen molar-refractivity contribution in [1.29, 1.82) is 0 Å². The molecule has 0 radical (unpaired) electrons. The number of hydrogen-bond acceptors (Lipinski definition) is 3. The molecule has 2 aromatic carbocycles. The zero-order chi connectivity index (χ0) is 18.5. The van der Waals surface area contributed by atoms with Crippen LogP contribution >= 0.6 is 0 Å². The van der Waals surface area contributed by atoms with Gasteiger partial charge in [0.05, 0.1) is 17.5 Å². The number of halogens is 1. The van der Waals surface area contributed by atoms with Crippen molar-refractivity contribution < 1.29 is 14.0 Å². The Balaban J connectivity index is 1.72. The molecule has 0 spiro atoms. The van der Waals surface area contributed by atoms with E-state index in [-0.39, 0.29) is 24.6 Å². The van der Waals surface area contributed by atoms with Gasteiger partial charge in [0.2, 0.25) is 11.8 Å². The van der Waals surface area contributed by atoms with E-state index in [2.05, 4.69) is 10.3 Å². The third-order valence-electron chi connectivity index (χ3n) is 4.04. The maximum Gasteiger partial charge on any atom is 0.227 e. The van der Waals surface area contributed by atoms with Crippen LogP contribution in [0.3, 0.4) is 0 Å². The quantitative estimate of drug-likeness (QED) is 0.679. The molecule has 1 aromatic heterocycles. The Morgan fingerprint density at radius 3 is 2.58 bits per heavy atom. The van der Waals surface area contributed by atoms with E-state index in [0.717, 1.165) is 16.6 Å². The first kappa shape index (κ1) is 17.6. The van der Waals surface area contributed by atoms with E-state index < -0.39 is 5.91 Å². The molecular weight excluding hydrogens is 335 g/mol. The van der Waals surface area contributed by atoms with Crippen molar-refractivity contribution in [2.75, 3.05) is 0 Å². The molecule has 0 saturated heterocycles. The van der Waals surface area contributed by atoms with Crippen LogP contribution in [0.15, 0.2) is 48.5 Å². The van der Waals surface area contributed by atoms with Gasteiger partial charge in [-0.2, -0.15) is 0 Å². The molecule has 6 nitrogen and oxygen atoms in total. The Morgan fingerprint density at radius 1 is 1.12 bits per heavy atom. The Morgan fingerprint density at radius 2 is 1.85 bits per heavy atom. The summed E-state index contributed by atoms with van der Waals surface area (Å²) in [5.41, 5.74) is 7.67. The Kier molecular flexibility index (Phi) is 5.26. The first-order chi connectivity index (χ1) is 12.5. The number of primary amides is 1. The third kappa shape index (κ3) is 4.24. The molecular formula is C19H19FN4O2. The third-order valence-corrected chi connectivity index (χ3v) is 4.04. The van der Waals surface area contributed by atoms with Crippen LogP contribution in [0.4, 0.5) is 4.39 Å². The molecule has 0 fully saturated rings. The van der Waals surface area contributed by atoms with E-state index >= 15 is 0 Å². The topological polar surface area (TPSA) is 90.0 Å². The number of benzene rings is 2. The number of imidazole rings is 1. The Bertz CT molecular complexity index is 934. The first-order valence-corrected chi connectivity index (χ1v) is 8.26. The highest BCUT2D eigenvalue weighted by atomic mass is 19.1. The molecule has 7 heteroatoms. The Labute approximate surface area is 149 Å². The molecule has 3 aromatic rings. The number of amides is 2. The van der Waals surface area contributed by atoms with Crippen LogP contribution < -0.4 is 11.1 Å². The minimum Gasteiger partial charge on any atom is -0.370 e. The predicted molar refractivity (Wildman–Crippen MR) is 95.5 cm³/mol. The normalized spacial score (nSPS) is 10.8. The molecule has 1 heterocycles. The van der Waals surface area contributed by atoms with Crippen LogP contribution in [0.1, 0.15) is 17.8 Å². The minimum atomic E-state index is -0.408. The second kappa shape index (κ2) is 7.77. The number of carbonyl (C=O) groups excluding carboxylic acids is 2. The van der Waals surface area contributed by atoms with Gasteiger partial charge in [0, 0.05) is 19.5 Å². The number of aryl methyl sites for hydroxylation is 1. The van der Waals surface area contributed by atoms with Crippen LogP contribution in [0.2, 0.25) is 0 Å². The standard InChI is InChI=1S/C19H19FN4O2/c20-14-7-5-13(6-8-14)12-22-19(26)11-18-23-15-3-1-2-4-16(15)24(18)10-9-17(21)25/h1-8H,9-12H2,(H2,21,25)(H,22,26). The lowest BCUT2D eigenvalue weighted by molar-refractivity contribution is -0.120. The summed E-state index contributed by atoms with van der Waals surface area (Å²) in [5, 5.41) is 2.80. The highest BCUT2D eigenvalue weighted by Crippen LogP contribution is 2.17. The first-order valence-electron chi connectivity index (χ1n) is 8.26. The fourth-order valence-electron chi connectivity index (χ4n) is 2.74. The fourth-order valence-corrected chi connectivity index (χ4v) is 2.74. The van der Waals surface area contributed by atoms with Crippen LogP contribution in [0.25, 0.3) is 11.0 Å². The summed E-state index contributed by atoms with van der Waals surface area (Å²) in [6, 6.07) is 13.4. The summed E-state index contributed by atoms with van der Waals surface area (Å²) in [5.74, 6) is -0.355. The fraction of sp³-hybridized carbons (Fsp3) is 0.211. The average molecular weight is 354 g/mol. The molecule has 0 atom stereocenters. The monoisotopic (exact) mass is 354 g/mol. The average Bonchev–Trinajstić information content (AvgIpc) is 2.96. The molecule has 0 aliphatic rings. The number of fused-ring (bicyclic) bond motifs is 1. The van der Waals surface area contributed by atoms with E-state index in [4.69, 9.17) is 5.73 Å². The van der Waals surface area contributed by atoms with E-state index in [1.165, 1.54) is 12.1 Å². The molecule has 2 amide bonds. The largest absolute Gasteiger partial charge is 0.370 e. The van der Waals surface area contributed by atoms with Gasteiger partial charge in [-0.3, -0.25) is 9.59 Å². The predicted octanol–water partition coefficient (Wildman–Crippen LogP) is 1.91. The van der Waals surface area contributed by atoms with Crippen molar-refractivity contribution in [3.63, 3.8) is 0 Å². The number of rotatable bonds is 7. The smallest absolute Gasteiger partial charge is 0.227 e. The summed E-state index contributed by atoms with van der Waals surface area (Å²) in [7, 11) is 0. The number of nitrogens with two attached hydrogens (primary N) is 1. The van der Waals surface area contributed by atoms with Crippen molar-refractivity contribution in [2.45, 2.75) is 25.9 Å². The molecule has 0 unspecified atom stereocenters. The number of hydrogen-bond donors (Lipinski definition) is 2. The zero-order valence-electron chi connectivity index (χ0n) is 14.1. The van der Waals surface area contributed by atoms with Crippen molar-refractivity contribution in [3.8, 4) is 0 Å². The van der Waals surface area contributed by atoms with Crippen LogP contribution in [-0.2, 0) is 29.1 Å². The number of para-hydroxylation sites is 2. The minimum absolute atomic E-state index is 0.0780. The molecule has 0 saturated carbocycles. The highest BCUT2D eigenvalue weighted by molar-refractivity contribution is 5.81. The summed E-state index contributed by atoms with van der Waals surface area (Å²) in [6.07, 6.45) is 0.249. The number of nitrogens with one attached hydrogen (secondary N) is 1. The summed E-state index contributed by atoms with van der Waals surface area (Å²) in [4.78, 5) is 27.9. The van der Waals surface area contributed by atoms with Gasteiger partial charge in [0.1, 0.15) is 11.6 Å². The summed E-state index contributed by atoms with van der Waals surface area (Å²) >= 11 is 0. The van der Waals surface area contributed by atoms with Gasteiger partial charge in [-0.1, -0.05) is 24.3 Å². The van der Waals surface area contributed by atoms with E-state index in [1.54, 1.807) is 12.1 Å². The molecule has 0 bridgehead atoms. The SMILES string of the molecule is NC(=O)CCn1c(CC(=O)NCc2ccc(F)cc2)nc2ccccc21. The van der Waals surface area contributed by atoms with Crippen molar-refractivity contribution >= 4 is 22.8 Å². The van der Waals surface area contributed by atoms with E-state index in [1.807, 2.05) is 28.8 Å². The summed E-state index contributed by atoms with van der Waals surface area (Å²) in [6.45, 7) is 0.678. The lowest BCUT2D eigenvalue weighted by atomic mass is 10.2. The van der Waals surface area contributed by atoms with E-state index in [0.29, 0.717) is 18.9 Å². The molecule has 3 N–H and O–H groups in total. The molecule has 26 heavy (non-hydrogen) atoms. The summed E-state index contributed by atoms with van der Waals surface area (Å²) < 4.78 is 14.8. The maximum atomic E-state index is 12.9. The van der Waals surface area contributed by atoms with Gasteiger partial charge >= 0.3 is 0 Å². The van der Waals surface area contributed by atoms with Gasteiger partial charge in [-0.25, -0.2) is 9.37 Å². The van der Waals surface area contributed by atoms with Gasteiger partial charge in [-0.15, -0.1) is 0 Å². The number of carbonyl (C=O) groups is 2. The lowest BCUT2D eigenvalue weighted by Gasteiger charge is -2.09. The molecule has 0 aliphatic heterocycles. The van der Waals surface area contributed by atoms with Crippen molar-refractivity contribution in [2.24, 2.45) is 5.73 Å². The highest BCUT2D eigenvalue weighted by Gasteiger charge is 2.14. The van der Waals surface area contributed by atoms with Gasteiger partial charge in [0.25, 0.3) is 0 Å². The Hall–Kier alpha value is -3.22. The van der Waals surface area contributed by atoms with Crippen LogP contribution in [0, 0.1) is 5.82 Å². The lowest BCUT2D eigenvalue weighted by Crippen LogP contribution is -2.26. The second-order valence-corrected chi connectivity index (χ2v) is 5.96. The number of aromatic nitrogens is 2. The molecule has 0 aliphatic carbocycles. The maximum absolute atomic E-state index is 12.9.